The van der Waals surface area contributed by atoms with Crippen molar-refractivity contribution in [3.63, 3.8) is 0 Å². The van der Waals surface area contributed by atoms with E-state index in [0.29, 0.717) is 15.7 Å². The number of benzene rings is 1. The molecule has 3 aromatic rings. The van der Waals surface area contributed by atoms with Gasteiger partial charge in [0.2, 0.25) is 0 Å². The number of aromatic nitrogens is 2. The molecule has 1 aromatic carbocycles. The summed E-state index contributed by atoms with van der Waals surface area (Å²) in [5, 5.41) is 14.4. The normalized spacial score (nSPS) is 14.0. The van der Waals surface area contributed by atoms with Gasteiger partial charge in [0.05, 0.1) is 37.4 Å². The summed E-state index contributed by atoms with van der Waals surface area (Å²) in [4.78, 5) is 0.546. The fourth-order valence-electron chi connectivity index (χ4n) is 2.80. The van der Waals surface area contributed by atoms with Crippen LogP contribution in [0.3, 0.4) is 0 Å². The summed E-state index contributed by atoms with van der Waals surface area (Å²) in [6, 6.07) is 14.8. The Morgan fingerprint density at radius 3 is 2.46 bits per heavy atom. The second-order valence-electron chi connectivity index (χ2n) is 7.63. The molecular weight excluding hydrogens is 392 g/mol. The van der Waals surface area contributed by atoms with E-state index in [1.807, 2.05) is 32.0 Å². The molecule has 1 N–H and O–H groups in total. The zero-order valence-electron chi connectivity index (χ0n) is 16.4. The molecule has 0 amide bonds. The lowest BCUT2D eigenvalue weighted by Crippen LogP contribution is -2.17. The Morgan fingerprint density at radius 2 is 1.89 bits per heavy atom. The van der Waals surface area contributed by atoms with Crippen molar-refractivity contribution in [3.05, 3.63) is 58.7 Å². The summed E-state index contributed by atoms with van der Waals surface area (Å²) in [7, 11) is -2.83. The van der Waals surface area contributed by atoms with Crippen molar-refractivity contribution < 1.29 is 4.21 Å². The Balaban J connectivity index is 1.99. The third-order valence-corrected chi connectivity index (χ3v) is 6.58. The van der Waals surface area contributed by atoms with Gasteiger partial charge in [-0.05, 0) is 61.5 Å². The van der Waals surface area contributed by atoms with Gasteiger partial charge in [-0.3, -0.25) is 4.72 Å². The van der Waals surface area contributed by atoms with Crippen molar-refractivity contribution >= 4 is 38.5 Å². The van der Waals surface area contributed by atoms with Crippen molar-refractivity contribution in [3.8, 4) is 6.07 Å². The van der Waals surface area contributed by atoms with Gasteiger partial charge in [-0.1, -0.05) is 37.6 Å². The van der Waals surface area contributed by atoms with Gasteiger partial charge in [0.25, 0.3) is 0 Å². The number of hydrogen-bond donors (Lipinski definition) is 1. The largest absolute Gasteiger partial charge is 0.293 e. The minimum atomic E-state index is -2.83. The molecule has 0 fully saturated rings. The second-order valence-corrected chi connectivity index (χ2v) is 10.1. The number of fused-ring (bicyclic) bond motifs is 1. The Kier molecular flexibility index (Phi) is 5.18. The van der Waals surface area contributed by atoms with E-state index in [9.17, 15) is 9.47 Å². The molecule has 5 nitrogen and oxygen atoms in total. The molecule has 1 unspecified atom stereocenters. The topological polar surface area (TPSA) is 70.2 Å². The number of rotatable bonds is 5. The first kappa shape index (κ1) is 20.2. The van der Waals surface area contributed by atoms with Crippen LogP contribution in [0.1, 0.15) is 44.9 Å². The fourth-order valence-corrected chi connectivity index (χ4v) is 4.19. The van der Waals surface area contributed by atoms with Gasteiger partial charge in [0.1, 0.15) is 5.82 Å². The van der Waals surface area contributed by atoms with Crippen LogP contribution < -0.4 is 4.72 Å². The quantitative estimate of drug-likeness (QED) is 0.596. The monoisotopic (exact) mass is 414 g/mol. The van der Waals surface area contributed by atoms with E-state index >= 15 is 0 Å². The predicted molar refractivity (Wildman–Crippen MR) is 117 cm³/mol. The highest BCUT2D eigenvalue weighted by atomic mass is 35.5. The van der Waals surface area contributed by atoms with E-state index in [0.717, 1.165) is 16.8 Å². The highest BCUT2D eigenvalue weighted by Gasteiger charge is 2.20. The van der Waals surface area contributed by atoms with Crippen LogP contribution in [-0.4, -0.2) is 19.7 Å². The van der Waals surface area contributed by atoms with E-state index < -0.39 is 15.1 Å². The number of nitriles is 1. The minimum Gasteiger partial charge on any atom is -0.293 e. The molecule has 7 heteroatoms. The third kappa shape index (κ3) is 3.73. The van der Waals surface area contributed by atoms with Crippen LogP contribution in [0.2, 0.25) is 5.02 Å². The van der Waals surface area contributed by atoms with Crippen LogP contribution >= 0.6 is 11.6 Å². The average molecular weight is 415 g/mol. The van der Waals surface area contributed by atoms with Crippen molar-refractivity contribution in [1.82, 2.24) is 9.61 Å². The summed E-state index contributed by atoms with van der Waals surface area (Å²) < 4.78 is 18.0. The molecule has 0 saturated carbocycles. The summed E-state index contributed by atoms with van der Waals surface area (Å²) in [6.07, 6.45) is 0. The van der Waals surface area contributed by atoms with Crippen LogP contribution in [0.15, 0.2) is 47.4 Å². The Hall–Kier alpha value is -2.49. The fraction of sp³-hybridized carbons (Fsp3) is 0.286. The molecule has 2 aromatic heterocycles. The molecule has 0 aliphatic carbocycles. The first-order chi connectivity index (χ1) is 13.0. The molecule has 0 bridgehead atoms. The van der Waals surface area contributed by atoms with E-state index in [1.165, 1.54) is 0 Å². The Morgan fingerprint density at radius 1 is 1.25 bits per heavy atom. The smallest absolute Gasteiger partial charge is 0.139 e. The highest BCUT2D eigenvalue weighted by molar-refractivity contribution is 8.01. The molecule has 0 radical (unpaired) electrons. The van der Waals surface area contributed by atoms with Gasteiger partial charge in [-0.25, -0.2) is 8.72 Å². The maximum atomic E-state index is 13.3. The molecule has 0 spiro atoms. The van der Waals surface area contributed by atoms with Crippen LogP contribution in [0, 0.1) is 11.3 Å². The lowest BCUT2D eigenvalue weighted by atomic mass is 9.87. The molecule has 0 aliphatic heterocycles. The maximum absolute atomic E-state index is 13.3. The molecule has 0 saturated heterocycles. The third-order valence-electron chi connectivity index (χ3n) is 4.69. The van der Waals surface area contributed by atoms with Crippen LogP contribution in [0.5, 0.6) is 0 Å². The van der Waals surface area contributed by atoms with Crippen LogP contribution in [0.25, 0.3) is 5.52 Å². The molecule has 146 valence electrons. The maximum Gasteiger partial charge on any atom is 0.139 e. The van der Waals surface area contributed by atoms with E-state index in [2.05, 4.69) is 35.6 Å². The highest BCUT2D eigenvalue weighted by Crippen LogP contribution is 2.28. The number of halogens is 1. The van der Waals surface area contributed by atoms with Crippen molar-refractivity contribution in [2.24, 2.45) is 0 Å². The lowest BCUT2D eigenvalue weighted by Gasteiger charge is -2.18. The number of anilines is 1. The van der Waals surface area contributed by atoms with Gasteiger partial charge in [-0.15, -0.1) is 0 Å². The summed E-state index contributed by atoms with van der Waals surface area (Å²) in [6.45, 7) is 7.79. The zero-order chi connectivity index (χ0) is 20.7. The zero-order valence-corrected chi connectivity index (χ0v) is 17.9. The first-order valence-corrected chi connectivity index (χ1v) is 11.0. The molecule has 28 heavy (non-hydrogen) atoms. The van der Waals surface area contributed by atoms with Crippen LogP contribution in [-0.2, 0) is 15.1 Å². The molecule has 1 atom stereocenters. The van der Waals surface area contributed by atoms with E-state index in [-0.39, 0.29) is 5.92 Å². The summed E-state index contributed by atoms with van der Waals surface area (Å²) in [5.41, 5.74) is 1.89. The summed E-state index contributed by atoms with van der Waals surface area (Å²) >= 11 is 6.31. The molecular formula is C21H23ClN4OS. The Bertz CT molecular complexity index is 1170. The van der Waals surface area contributed by atoms with Gasteiger partial charge < -0.3 is 0 Å². The van der Waals surface area contributed by atoms with Gasteiger partial charge in [0.15, 0.2) is 0 Å². The van der Waals surface area contributed by atoms with Crippen LogP contribution in [0.4, 0.5) is 5.82 Å². The lowest BCUT2D eigenvalue weighted by molar-refractivity contribution is 0.680. The van der Waals surface area contributed by atoms with Crippen molar-refractivity contribution in [2.75, 3.05) is 4.72 Å². The second kappa shape index (κ2) is 7.16. The molecule has 2 heterocycles. The molecule has 0 aliphatic rings. The van der Waals surface area contributed by atoms with Crippen molar-refractivity contribution in [2.45, 2.75) is 43.9 Å². The first-order valence-electron chi connectivity index (χ1n) is 8.90. The SMILES string of the molecule is C=S(=O)(Nc1ccc(Cl)c2cc(C(C)C)nn12)c1ccc(C(C)(C)C#N)cc1. The minimum absolute atomic E-state index is 0.240. The molecule has 3 rings (SSSR count). The van der Waals surface area contributed by atoms with E-state index in [4.69, 9.17) is 11.6 Å². The van der Waals surface area contributed by atoms with Crippen molar-refractivity contribution in [1.29, 1.82) is 5.26 Å². The number of nitrogens with zero attached hydrogens (tertiary/aromatic N) is 3. The number of hydrogen-bond acceptors (Lipinski definition) is 3. The van der Waals surface area contributed by atoms with Gasteiger partial charge in [-0.2, -0.15) is 10.4 Å². The summed E-state index contributed by atoms with van der Waals surface area (Å²) in [5.74, 6) is 4.68. The Labute approximate surface area is 171 Å². The standard InChI is InChI=1S/C21H23ClN4OS/c1-14(2)18-12-19-17(22)10-11-20(26(19)24-18)25-28(5,27)16-8-6-15(7-9-16)21(3,4)13-23/h6-12,14H,5H2,1-4H3,(H,25,27). The number of pyridine rings is 1. The van der Waals surface area contributed by atoms with Gasteiger partial charge >= 0.3 is 0 Å². The van der Waals surface area contributed by atoms with E-state index in [1.54, 1.807) is 28.8 Å². The van der Waals surface area contributed by atoms with Gasteiger partial charge in [0, 0.05) is 4.90 Å². The number of nitrogens with one attached hydrogen (secondary N) is 1. The predicted octanol–water partition coefficient (Wildman–Crippen LogP) is 5.01. The average Bonchev–Trinajstić information content (AvgIpc) is 3.11.